The molecule has 25 heavy (non-hydrogen) atoms. The van der Waals surface area contributed by atoms with E-state index in [1.165, 1.54) is 19.2 Å². The van der Waals surface area contributed by atoms with E-state index in [2.05, 4.69) is 10.3 Å². The molecule has 0 aliphatic rings. The second kappa shape index (κ2) is 8.32. The molecule has 2 rings (SSSR count). The van der Waals surface area contributed by atoms with Gasteiger partial charge in [0.1, 0.15) is 11.6 Å². The Kier molecular flexibility index (Phi) is 6.16. The van der Waals surface area contributed by atoms with Crippen molar-refractivity contribution in [3.8, 4) is 11.5 Å². The summed E-state index contributed by atoms with van der Waals surface area (Å²) in [5.41, 5.74) is 6.94. The first-order valence-corrected chi connectivity index (χ1v) is 7.68. The molecule has 0 saturated carbocycles. The van der Waals surface area contributed by atoms with Crippen LogP contribution >= 0.6 is 0 Å². The fourth-order valence-corrected chi connectivity index (χ4v) is 2.34. The fourth-order valence-electron chi connectivity index (χ4n) is 2.34. The van der Waals surface area contributed by atoms with Crippen molar-refractivity contribution >= 4 is 11.6 Å². The molecule has 2 aromatic carbocycles. The first-order chi connectivity index (χ1) is 11.9. The van der Waals surface area contributed by atoms with Crippen molar-refractivity contribution in [1.82, 2.24) is 0 Å². The van der Waals surface area contributed by atoms with Crippen LogP contribution in [0.25, 0.3) is 0 Å². The zero-order valence-corrected chi connectivity index (χ0v) is 14.3. The molecule has 0 saturated heterocycles. The van der Waals surface area contributed by atoms with E-state index in [1.807, 2.05) is 0 Å². The number of anilines is 1. The van der Waals surface area contributed by atoms with Gasteiger partial charge in [-0.2, -0.15) is 0 Å². The Morgan fingerprint density at radius 2 is 1.84 bits per heavy atom. The standard InChI is InChI=1S/C18H21F2N3O2/c1-11(14-6-4-12(19)8-15(14)20)10-22-18(21)23-13-5-7-16(24-2)17(9-13)25-3/h4-9,11H,10H2,1-3H3,(H3,21,22,23). The second-order valence-corrected chi connectivity index (χ2v) is 5.49. The predicted octanol–water partition coefficient (Wildman–Crippen LogP) is 3.51. The molecule has 1 unspecified atom stereocenters. The van der Waals surface area contributed by atoms with Crippen LogP contribution < -0.4 is 20.5 Å². The molecule has 5 nitrogen and oxygen atoms in total. The highest BCUT2D eigenvalue weighted by atomic mass is 19.1. The van der Waals surface area contributed by atoms with Gasteiger partial charge in [0, 0.05) is 30.3 Å². The van der Waals surface area contributed by atoms with Gasteiger partial charge in [-0.3, -0.25) is 4.99 Å². The van der Waals surface area contributed by atoms with Crippen LogP contribution in [-0.4, -0.2) is 26.7 Å². The smallest absolute Gasteiger partial charge is 0.193 e. The number of halogens is 2. The maximum atomic E-state index is 13.8. The fraction of sp³-hybridized carbons (Fsp3) is 0.278. The molecule has 0 aliphatic carbocycles. The minimum atomic E-state index is -0.605. The van der Waals surface area contributed by atoms with Crippen LogP contribution in [-0.2, 0) is 0 Å². The lowest BCUT2D eigenvalue weighted by molar-refractivity contribution is 0.355. The monoisotopic (exact) mass is 349 g/mol. The van der Waals surface area contributed by atoms with Gasteiger partial charge < -0.3 is 20.5 Å². The topological polar surface area (TPSA) is 68.9 Å². The third kappa shape index (κ3) is 4.82. The molecule has 7 heteroatoms. The summed E-state index contributed by atoms with van der Waals surface area (Å²) in [4.78, 5) is 4.21. The minimum Gasteiger partial charge on any atom is -0.493 e. The van der Waals surface area contributed by atoms with Crippen LogP contribution in [0.1, 0.15) is 18.4 Å². The van der Waals surface area contributed by atoms with E-state index >= 15 is 0 Å². The third-order valence-electron chi connectivity index (χ3n) is 3.68. The maximum absolute atomic E-state index is 13.8. The van der Waals surface area contributed by atoms with Crippen LogP contribution in [0.4, 0.5) is 14.5 Å². The van der Waals surface area contributed by atoms with E-state index in [9.17, 15) is 8.78 Å². The summed E-state index contributed by atoms with van der Waals surface area (Å²) in [6.07, 6.45) is 0. The summed E-state index contributed by atoms with van der Waals surface area (Å²) in [6.45, 7) is 2.05. The van der Waals surface area contributed by atoms with E-state index in [1.54, 1.807) is 32.2 Å². The minimum absolute atomic E-state index is 0.182. The molecule has 2 aromatic rings. The van der Waals surface area contributed by atoms with Crippen LogP contribution in [0.5, 0.6) is 11.5 Å². The van der Waals surface area contributed by atoms with Gasteiger partial charge in [-0.05, 0) is 23.8 Å². The first kappa shape index (κ1) is 18.5. The van der Waals surface area contributed by atoms with Crippen LogP contribution in [0.15, 0.2) is 41.4 Å². The third-order valence-corrected chi connectivity index (χ3v) is 3.68. The van der Waals surface area contributed by atoms with E-state index in [0.717, 1.165) is 6.07 Å². The number of hydrogen-bond donors (Lipinski definition) is 2. The number of hydrogen-bond acceptors (Lipinski definition) is 3. The summed E-state index contributed by atoms with van der Waals surface area (Å²) < 4.78 is 37.1. The Balaban J connectivity index is 2.04. The van der Waals surface area contributed by atoms with Gasteiger partial charge in [-0.1, -0.05) is 13.0 Å². The van der Waals surface area contributed by atoms with Gasteiger partial charge in [-0.25, -0.2) is 8.78 Å². The van der Waals surface area contributed by atoms with E-state index in [0.29, 0.717) is 22.7 Å². The SMILES string of the molecule is COc1ccc(NC(N)=NCC(C)c2ccc(F)cc2F)cc1OC. The van der Waals surface area contributed by atoms with Crippen molar-refractivity contribution in [1.29, 1.82) is 0 Å². The van der Waals surface area contributed by atoms with Crippen molar-refractivity contribution in [2.24, 2.45) is 10.7 Å². The van der Waals surface area contributed by atoms with Crippen molar-refractivity contribution in [2.75, 3.05) is 26.1 Å². The van der Waals surface area contributed by atoms with Crippen LogP contribution in [0.2, 0.25) is 0 Å². The molecule has 134 valence electrons. The zero-order chi connectivity index (χ0) is 18.4. The van der Waals surface area contributed by atoms with E-state index < -0.39 is 11.6 Å². The van der Waals surface area contributed by atoms with E-state index in [-0.39, 0.29) is 18.4 Å². The molecular weight excluding hydrogens is 328 g/mol. The van der Waals surface area contributed by atoms with Crippen molar-refractivity contribution in [3.05, 3.63) is 53.6 Å². The molecule has 1 atom stereocenters. The largest absolute Gasteiger partial charge is 0.493 e. The summed E-state index contributed by atoms with van der Waals surface area (Å²) in [5.74, 6) is -0.0975. The molecule has 0 spiro atoms. The van der Waals surface area contributed by atoms with Crippen LogP contribution in [0, 0.1) is 11.6 Å². The molecule has 0 aliphatic heterocycles. The Bertz CT molecular complexity index is 766. The average molecular weight is 349 g/mol. The van der Waals surface area contributed by atoms with Crippen LogP contribution in [0.3, 0.4) is 0 Å². The Morgan fingerprint density at radius 3 is 2.48 bits per heavy atom. The number of benzene rings is 2. The number of ether oxygens (including phenoxy) is 2. The normalized spacial score (nSPS) is 12.6. The average Bonchev–Trinajstić information content (AvgIpc) is 2.59. The summed E-state index contributed by atoms with van der Waals surface area (Å²) in [5, 5.41) is 2.94. The van der Waals surface area contributed by atoms with Gasteiger partial charge >= 0.3 is 0 Å². The zero-order valence-electron chi connectivity index (χ0n) is 14.3. The molecular formula is C18H21F2N3O2. The number of rotatable bonds is 6. The first-order valence-electron chi connectivity index (χ1n) is 7.68. The lowest BCUT2D eigenvalue weighted by Gasteiger charge is -2.13. The molecule has 0 aromatic heterocycles. The molecule has 0 fully saturated rings. The lowest BCUT2D eigenvalue weighted by atomic mass is 10.0. The van der Waals surface area contributed by atoms with Crippen molar-refractivity contribution < 1.29 is 18.3 Å². The quantitative estimate of drug-likeness (QED) is 0.618. The molecule has 0 bridgehead atoms. The molecule has 0 amide bonds. The summed E-state index contributed by atoms with van der Waals surface area (Å²) in [6, 6.07) is 8.75. The summed E-state index contributed by atoms with van der Waals surface area (Å²) >= 11 is 0. The molecule has 0 heterocycles. The Morgan fingerprint density at radius 1 is 1.12 bits per heavy atom. The number of aliphatic imine (C=N–C) groups is 1. The number of guanidine groups is 1. The highest BCUT2D eigenvalue weighted by Gasteiger charge is 2.12. The van der Waals surface area contributed by atoms with Gasteiger partial charge in [0.15, 0.2) is 17.5 Å². The highest BCUT2D eigenvalue weighted by molar-refractivity contribution is 5.92. The highest BCUT2D eigenvalue weighted by Crippen LogP contribution is 2.29. The van der Waals surface area contributed by atoms with Gasteiger partial charge in [0.05, 0.1) is 14.2 Å². The van der Waals surface area contributed by atoms with Gasteiger partial charge in [-0.15, -0.1) is 0 Å². The van der Waals surface area contributed by atoms with Gasteiger partial charge in [0.2, 0.25) is 0 Å². The number of nitrogens with one attached hydrogen (secondary N) is 1. The van der Waals surface area contributed by atoms with Crippen molar-refractivity contribution in [2.45, 2.75) is 12.8 Å². The maximum Gasteiger partial charge on any atom is 0.193 e. The number of nitrogens with zero attached hydrogens (tertiary/aromatic N) is 1. The molecule has 3 N–H and O–H groups in total. The molecule has 0 radical (unpaired) electrons. The number of methoxy groups -OCH3 is 2. The lowest BCUT2D eigenvalue weighted by Crippen LogP contribution is -2.23. The van der Waals surface area contributed by atoms with Gasteiger partial charge in [0.25, 0.3) is 0 Å². The summed E-state index contributed by atoms with van der Waals surface area (Å²) in [7, 11) is 3.09. The second-order valence-electron chi connectivity index (χ2n) is 5.49. The Labute approximate surface area is 145 Å². The Hall–Kier alpha value is -2.83. The van der Waals surface area contributed by atoms with E-state index in [4.69, 9.17) is 15.2 Å². The predicted molar refractivity (Wildman–Crippen MR) is 94.4 cm³/mol. The van der Waals surface area contributed by atoms with Crippen molar-refractivity contribution in [3.63, 3.8) is 0 Å². The number of nitrogens with two attached hydrogens (primary N) is 1.